The van der Waals surface area contributed by atoms with Crippen LogP contribution in [0.4, 0.5) is 4.39 Å². The number of aromatic nitrogens is 3. The van der Waals surface area contributed by atoms with Gasteiger partial charge >= 0.3 is 0 Å². The zero-order valence-corrected chi connectivity index (χ0v) is 15.3. The number of thioether (sulfide) groups is 1. The van der Waals surface area contributed by atoms with Gasteiger partial charge in [0.1, 0.15) is 5.82 Å². The molecule has 1 aromatic heterocycles. The van der Waals surface area contributed by atoms with Crippen LogP contribution in [0.3, 0.4) is 0 Å². The lowest BCUT2D eigenvalue weighted by atomic mass is 10.2. The van der Waals surface area contributed by atoms with Crippen LogP contribution < -0.4 is 0 Å². The summed E-state index contributed by atoms with van der Waals surface area (Å²) in [5.74, 6) is 1.21. The number of hydrogen-bond acceptors (Lipinski definition) is 4. The minimum absolute atomic E-state index is 0.265. The Kier molecular flexibility index (Phi) is 5.42. The van der Waals surface area contributed by atoms with Crippen molar-refractivity contribution in [1.82, 2.24) is 14.9 Å². The average molecular weight is 405 g/mol. The molecule has 1 heterocycles. The minimum atomic E-state index is -0.265. The highest BCUT2D eigenvalue weighted by Gasteiger charge is 2.08. The third-order valence-electron chi connectivity index (χ3n) is 3.24. The first kappa shape index (κ1) is 16.9. The van der Waals surface area contributed by atoms with Crippen LogP contribution in [0.1, 0.15) is 17.0 Å². The molecule has 0 aliphatic carbocycles. The van der Waals surface area contributed by atoms with Gasteiger partial charge in [-0.3, -0.25) is 0 Å². The van der Waals surface area contributed by atoms with Crippen molar-refractivity contribution in [2.75, 3.05) is 0 Å². The Morgan fingerprint density at radius 1 is 1.12 bits per heavy atom. The standard InChI is InChI=1S/C17H14BrFN4S/c1-12-21-22-17(24-11-14-2-6-15(18)7-3-14)23(12)20-10-13-4-8-16(19)9-5-13/h2-10H,11H2,1H3/b20-10-. The molecule has 7 heteroatoms. The van der Waals surface area contributed by atoms with E-state index in [-0.39, 0.29) is 5.82 Å². The molecule has 0 saturated carbocycles. The molecule has 0 aliphatic rings. The van der Waals surface area contributed by atoms with Crippen molar-refractivity contribution < 1.29 is 4.39 Å². The van der Waals surface area contributed by atoms with Gasteiger partial charge in [-0.25, -0.2) is 4.39 Å². The molecule has 0 saturated heterocycles. The summed E-state index contributed by atoms with van der Waals surface area (Å²) in [7, 11) is 0. The van der Waals surface area contributed by atoms with E-state index in [4.69, 9.17) is 0 Å². The molecule has 0 radical (unpaired) electrons. The third-order valence-corrected chi connectivity index (χ3v) is 4.76. The molecule has 3 rings (SSSR count). The van der Waals surface area contributed by atoms with Gasteiger partial charge in [-0.2, -0.15) is 9.78 Å². The van der Waals surface area contributed by atoms with Crippen molar-refractivity contribution in [2.45, 2.75) is 17.8 Å². The van der Waals surface area contributed by atoms with Gasteiger partial charge < -0.3 is 0 Å². The molecular formula is C17H14BrFN4S. The third kappa shape index (κ3) is 4.30. The highest BCUT2D eigenvalue weighted by Crippen LogP contribution is 2.22. The van der Waals surface area contributed by atoms with E-state index in [9.17, 15) is 4.39 Å². The number of halogens is 2. The van der Waals surface area contributed by atoms with Crippen molar-refractivity contribution in [3.63, 3.8) is 0 Å². The molecule has 4 nitrogen and oxygen atoms in total. The number of rotatable bonds is 5. The molecule has 3 aromatic rings. The van der Waals surface area contributed by atoms with E-state index >= 15 is 0 Å². The van der Waals surface area contributed by atoms with Crippen molar-refractivity contribution in [3.8, 4) is 0 Å². The fourth-order valence-corrected chi connectivity index (χ4v) is 3.12. The topological polar surface area (TPSA) is 43.1 Å². The number of aryl methyl sites for hydroxylation is 1. The van der Waals surface area contributed by atoms with E-state index in [1.807, 2.05) is 19.1 Å². The van der Waals surface area contributed by atoms with Crippen LogP contribution in [0.5, 0.6) is 0 Å². The molecule has 0 atom stereocenters. The van der Waals surface area contributed by atoms with Crippen molar-refractivity contribution in [1.29, 1.82) is 0 Å². The maximum absolute atomic E-state index is 12.9. The van der Waals surface area contributed by atoms with Crippen molar-refractivity contribution in [2.24, 2.45) is 5.10 Å². The second-order valence-electron chi connectivity index (χ2n) is 5.05. The first-order chi connectivity index (χ1) is 11.6. The lowest BCUT2D eigenvalue weighted by Crippen LogP contribution is -1.96. The van der Waals surface area contributed by atoms with Crippen LogP contribution >= 0.6 is 27.7 Å². The quantitative estimate of drug-likeness (QED) is 0.458. The largest absolute Gasteiger partial charge is 0.212 e. The second-order valence-corrected chi connectivity index (χ2v) is 6.91. The van der Waals surface area contributed by atoms with E-state index in [0.717, 1.165) is 15.8 Å². The number of benzene rings is 2. The Balaban J connectivity index is 1.73. The van der Waals surface area contributed by atoms with E-state index in [2.05, 4.69) is 43.4 Å². The highest BCUT2D eigenvalue weighted by molar-refractivity contribution is 9.10. The Labute approximate surface area is 151 Å². The molecule has 0 fully saturated rings. The van der Waals surface area contributed by atoms with Gasteiger partial charge in [0.05, 0.1) is 6.21 Å². The van der Waals surface area contributed by atoms with Crippen LogP contribution in [0.15, 0.2) is 63.3 Å². The summed E-state index contributed by atoms with van der Waals surface area (Å²) in [5, 5.41) is 13.4. The van der Waals surface area contributed by atoms with Crippen LogP contribution in [-0.2, 0) is 5.75 Å². The van der Waals surface area contributed by atoms with Crippen LogP contribution in [0.25, 0.3) is 0 Å². The van der Waals surface area contributed by atoms with Crippen molar-refractivity contribution in [3.05, 3.63) is 75.8 Å². The SMILES string of the molecule is Cc1nnc(SCc2ccc(Br)cc2)n1/N=C\c1ccc(F)cc1. The highest BCUT2D eigenvalue weighted by atomic mass is 79.9. The summed E-state index contributed by atoms with van der Waals surface area (Å²) in [6.07, 6.45) is 1.67. The van der Waals surface area contributed by atoms with E-state index < -0.39 is 0 Å². The van der Waals surface area contributed by atoms with Gasteiger partial charge in [0.15, 0.2) is 5.82 Å². The smallest absolute Gasteiger partial charge is 0.207 e. The van der Waals surface area contributed by atoms with Crippen molar-refractivity contribution >= 4 is 33.9 Å². The second kappa shape index (κ2) is 7.72. The van der Waals surface area contributed by atoms with Gasteiger partial charge in [-0.15, -0.1) is 10.2 Å². The van der Waals surface area contributed by atoms with Gasteiger partial charge in [0, 0.05) is 10.2 Å². The normalized spacial score (nSPS) is 11.3. The molecule has 122 valence electrons. The fraction of sp³-hybridized carbons (Fsp3) is 0.118. The predicted octanol–water partition coefficient (Wildman–Crippen LogP) is 4.66. The summed E-state index contributed by atoms with van der Waals surface area (Å²) < 4.78 is 15.7. The lowest BCUT2D eigenvalue weighted by Gasteiger charge is -2.03. The van der Waals surface area contributed by atoms with Crippen LogP contribution in [-0.4, -0.2) is 21.1 Å². The van der Waals surface area contributed by atoms with Gasteiger partial charge in [-0.1, -0.05) is 52.0 Å². The van der Waals surface area contributed by atoms with E-state index in [0.29, 0.717) is 11.0 Å². The Hall–Kier alpha value is -1.99. The summed E-state index contributed by atoms with van der Waals surface area (Å²) in [6, 6.07) is 14.3. The molecule has 0 unspecified atom stereocenters. The summed E-state index contributed by atoms with van der Waals surface area (Å²) in [5.41, 5.74) is 2.01. The number of hydrogen-bond donors (Lipinski definition) is 0. The Bertz CT molecular complexity index is 844. The molecule has 2 aromatic carbocycles. The van der Waals surface area contributed by atoms with Crippen LogP contribution in [0.2, 0.25) is 0 Å². The van der Waals surface area contributed by atoms with E-state index in [1.165, 1.54) is 17.7 Å². The van der Waals surface area contributed by atoms with Gasteiger partial charge in [0.25, 0.3) is 0 Å². The molecule has 0 aliphatic heterocycles. The lowest BCUT2D eigenvalue weighted by molar-refractivity contribution is 0.628. The summed E-state index contributed by atoms with van der Waals surface area (Å²) in [6.45, 7) is 1.85. The minimum Gasteiger partial charge on any atom is -0.207 e. The molecular weight excluding hydrogens is 391 g/mol. The monoisotopic (exact) mass is 404 g/mol. The summed E-state index contributed by atoms with van der Waals surface area (Å²) in [4.78, 5) is 0. The Morgan fingerprint density at radius 2 is 1.83 bits per heavy atom. The zero-order valence-electron chi connectivity index (χ0n) is 12.9. The zero-order chi connectivity index (χ0) is 16.9. The molecule has 0 bridgehead atoms. The predicted molar refractivity (Wildman–Crippen MR) is 97.9 cm³/mol. The molecule has 0 spiro atoms. The van der Waals surface area contributed by atoms with Gasteiger partial charge in [0.2, 0.25) is 5.16 Å². The average Bonchev–Trinajstić information content (AvgIpc) is 2.94. The first-order valence-electron chi connectivity index (χ1n) is 7.21. The Morgan fingerprint density at radius 3 is 2.54 bits per heavy atom. The summed E-state index contributed by atoms with van der Waals surface area (Å²) >= 11 is 4.99. The molecule has 0 N–H and O–H groups in total. The maximum atomic E-state index is 12.9. The maximum Gasteiger partial charge on any atom is 0.212 e. The van der Waals surface area contributed by atoms with Crippen LogP contribution in [0, 0.1) is 12.7 Å². The fourth-order valence-electron chi connectivity index (χ4n) is 1.96. The molecule has 24 heavy (non-hydrogen) atoms. The number of nitrogens with zero attached hydrogens (tertiary/aromatic N) is 4. The van der Waals surface area contributed by atoms with Gasteiger partial charge in [-0.05, 0) is 42.3 Å². The van der Waals surface area contributed by atoms with E-state index in [1.54, 1.807) is 34.8 Å². The first-order valence-corrected chi connectivity index (χ1v) is 8.99. The molecule has 0 amide bonds.